The van der Waals surface area contributed by atoms with Crippen LogP contribution in [0.2, 0.25) is 0 Å². The Morgan fingerprint density at radius 2 is 1.52 bits per heavy atom. The normalized spacial score (nSPS) is 10.4. The van der Waals surface area contributed by atoms with E-state index in [1.807, 2.05) is 66.7 Å². The highest BCUT2D eigenvalue weighted by Gasteiger charge is 2.09. The minimum atomic E-state index is -0.264. The van der Waals surface area contributed by atoms with Crippen molar-refractivity contribution in [2.75, 3.05) is 13.7 Å². The summed E-state index contributed by atoms with van der Waals surface area (Å²) in [5, 5.41) is 1.98. The van der Waals surface area contributed by atoms with Crippen molar-refractivity contribution in [2.24, 2.45) is 0 Å². The van der Waals surface area contributed by atoms with Gasteiger partial charge in [0.25, 0.3) is 0 Å². The average Bonchev–Trinajstić information content (AvgIpc) is 2.66. The highest BCUT2D eigenvalue weighted by atomic mass is 16.5. The van der Waals surface area contributed by atoms with Gasteiger partial charge in [0.2, 0.25) is 0 Å². The van der Waals surface area contributed by atoms with E-state index in [0.29, 0.717) is 36.7 Å². The fourth-order valence-electron chi connectivity index (χ4n) is 2.60. The zero-order valence-corrected chi connectivity index (χ0v) is 14.1. The van der Waals surface area contributed by atoms with Gasteiger partial charge < -0.3 is 14.2 Å². The molecular formula is C21H20O4. The molecule has 4 nitrogen and oxygen atoms in total. The Morgan fingerprint density at radius 3 is 2.36 bits per heavy atom. The SMILES string of the molecule is COc1ccccc1OCCCC(=O)Oc1cccc2ccccc12. The zero-order chi connectivity index (χ0) is 17.5. The van der Waals surface area contributed by atoms with Crippen LogP contribution in [0, 0.1) is 0 Å². The second-order valence-corrected chi connectivity index (χ2v) is 5.55. The fraction of sp³-hybridized carbons (Fsp3) is 0.190. The number of esters is 1. The maximum absolute atomic E-state index is 12.1. The summed E-state index contributed by atoms with van der Waals surface area (Å²) in [6.07, 6.45) is 0.861. The molecule has 0 aliphatic carbocycles. The molecule has 0 radical (unpaired) electrons. The maximum Gasteiger partial charge on any atom is 0.311 e. The molecular weight excluding hydrogens is 316 g/mol. The minimum Gasteiger partial charge on any atom is -0.493 e. The van der Waals surface area contributed by atoms with Crippen LogP contribution in [-0.4, -0.2) is 19.7 Å². The monoisotopic (exact) mass is 336 g/mol. The van der Waals surface area contributed by atoms with Crippen LogP contribution in [0.4, 0.5) is 0 Å². The molecule has 3 aromatic carbocycles. The van der Waals surface area contributed by atoms with Crippen LogP contribution >= 0.6 is 0 Å². The van der Waals surface area contributed by atoms with Crippen LogP contribution in [-0.2, 0) is 4.79 Å². The molecule has 3 rings (SSSR count). The predicted molar refractivity (Wildman–Crippen MR) is 97.3 cm³/mol. The molecule has 4 heteroatoms. The van der Waals surface area contributed by atoms with Gasteiger partial charge in [-0.15, -0.1) is 0 Å². The highest BCUT2D eigenvalue weighted by molar-refractivity contribution is 5.90. The Morgan fingerprint density at radius 1 is 0.840 bits per heavy atom. The largest absolute Gasteiger partial charge is 0.493 e. The van der Waals surface area contributed by atoms with E-state index in [0.717, 1.165) is 10.8 Å². The first-order chi connectivity index (χ1) is 12.3. The van der Waals surface area contributed by atoms with Gasteiger partial charge in [-0.05, 0) is 30.0 Å². The predicted octanol–water partition coefficient (Wildman–Crippen LogP) is 4.61. The van der Waals surface area contributed by atoms with Crippen molar-refractivity contribution < 1.29 is 19.0 Å². The van der Waals surface area contributed by atoms with Gasteiger partial charge in [0.05, 0.1) is 13.7 Å². The van der Waals surface area contributed by atoms with E-state index in [9.17, 15) is 4.79 Å². The third-order valence-electron chi connectivity index (χ3n) is 3.83. The van der Waals surface area contributed by atoms with E-state index < -0.39 is 0 Å². The summed E-state index contributed by atoms with van der Waals surface area (Å²) in [6, 6.07) is 21.0. The van der Waals surface area contributed by atoms with Gasteiger partial charge in [0.15, 0.2) is 11.5 Å². The summed E-state index contributed by atoms with van der Waals surface area (Å²) in [5.41, 5.74) is 0. The van der Waals surface area contributed by atoms with E-state index in [1.165, 1.54) is 0 Å². The number of methoxy groups -OCH3 is 1. The molecule has 0 spiro atoms. The van der Waals surface area contributed by atoms with Gasteiger partial charge >= 0.3 is 5.97 Å². The van der Waals surface area contributed by atoms with E-state index in [-0.39, 0.29) is 5.97 Å². The molecule has 3 aromatic rings. The molecule has 0 saturated carbocycles. The second-order valence-electron chi connectivity index (χ2n) is 5.55. The maximum atomic E-state index is 12.1. The van der Waals surface area contributed by atoms with Crippen molar-refractivity contribution in [3.05, 3.63) is 66.7 Å². The van der Waals surface area contributed by atoms with Crippen molar-refractivity contribution in [2.45, 2.75) is 12.8 Å². The molecule has 0 bridgehead atoms. The molecule has 0 amide bonds. The van der Waals surface area contributed by atoms with Crippen molar-refractivity contribution in [3.8, 4) is 17.2 Å². The van der Waals surface area contributed by atoms with Crippen LogP contribution < -0.4 is 14.2 Å². The topological polar surface area (TPSA) is 44.8 Å². The van der Waals surface area contributed by atoms with Crippen molar-refractivity contribution in [3.63, 3.8) is 0 Å². The van der Waals surface area contributed by atoms with Crippen molar-refractivity contribution in [1.82, 2.24) is 0 Å². The van der Waals surface area contributed by atoms with Crippen molar-refractivity contribution in [1.29, 1.82) is 0 Å². The van der Waals surface area contributed by atoms with Crippen molar-refractivity contribution >= 4 is 16.7 Å². The van der Waals surface area contributed by atoms with Crippen LogP contribution in [0.25, 0.3) is 10.8 Å². The molecule has 0 atom stereocenters. The summed E-state index contributed by atoms with van der Waals surface area (Å²) >= 11 is 0. The number of rotatable bonds is 7. The number of hydrogen-bond donors (Lipinski definition) is 0. The lowest BCUT2D eigenvalue weighted by atomic mass is 10.1. The first-order valence-electron chi connectivity index (χ1n) is 8.22. The quantitative estimate of drug-likeness (QED) is 0.359. The molecule has 0 heterocycles. The summed E-state index contributed by atoms with van der Waals surface area (Å²) in [5.74, 6) is 1.68. The lowest BCUT2D eigenvalue weighted by Gasteiger charge is -2.10. The molecule has 0 aliphatic rings. The molecule has 0 saturated heterocycles. The Balaban J connectivity index is 1.51. The number of carbonyl (C=O) groups excluding carboxylic acids is 1. The number of hydrogen-bond acceptors (Lipinski definition) is 4. The molecule has 0 N–H and O–H groups in total. The first-order valence-corrected chi connectivity index (χ1v) is 8.22. The smallest absolute Gasteiger partial charge is 0.311 e. The first kappa shape index (κ1) is 16.8. The zero-order valence-electron chi connectivity index (χ0n) is 14.1. The summed E-state index contributed by atoms with van der Waals surface area (Å²) in [7, 11) is 1.60. The van der Waals surface area contributed by atoms with Gasteiger partial charge in [0, 0.05) is 11.8 Å². The number of fused-ring (bicyclic) bond motifs is 1. The Labute approximate surface area is 146 Å². The van der Waals surface area contributed by atoms with Crippen LogP contribution in [0.1, 0.15) is 12.8 Å². The molecule has 128 valence electrons. The molecule has 0 aliphatic heterocycles. The van der Waals surface area contributed by atoms with Gasteiger partial charge in [-0.2, -0.15) is 0 Å². The lowest BCUT2D eigenvalue weighted by molar-refractivity contribution is -0.134. The average molecular weight is 336 g/mol. The molecule has 0 unspecified atom stereocenters. The third kappa shape index (κ3) is 4.29. The van der Waals surface area contributed by atoms with Crippen LogP contribution in [0.5, 0.6) is 17.2 Å². The number of benzene rings is 3. The third-order valence-corrected chi connectivity index (χ3v) is 3.83. The summed E-state index contributed by atoms with van der Waals surface area (Å²) in [6.45, 7) is 0.422. The molecule has 25 heavy (non-hydrogen) atoms. The number of para-hydroxylation sites is 2. The van der Waals surface area contributed by atoms with E-state index in [1.54, 1.807) is 7.11 Å². The van der Waals surface area contributed by atoms with Crippen LogP contribution in [0.15, 0.2) is 66.7 Å². The number of ether oxygens (including phenoxy) is 3. The van der Waals surface area contributed by atoms with Gasteiger partial charge in [-0.3, -0.25) is 4.79 Å². The van der Waals surface area contributed by atoms with Gasteiger partial charge in [-0.25, -0.2) is 0 Å². The molecule has 0 fully saturated rings. The minimum absolute atomic E-state index is 0.264. The van der Waals surface area contributed by atoms with Gasteiger partial charge in [0.1, 0.15) is 5.75 Å². The second kappa shape index (κ2) is 8.20. The fourth-order valence-corrected chi connectivity index (χ4v) is 2.60. The summed E-state index contributed by atoms with van der Waals surface area (Å²) < 4.78 is 16.4. The van der Waals surface area contributed by atoms with Gasteiger partial charge in [-0.1, -0.05) is 48.5 Å². The van der Waals surface area contributed by atoms with E-state index >= 15 is 0 Å². The Bertz CT molecular complexity index is 852. The van der Waals surface area contributed by atoms with E-state index in [4.69, 9.17) is 14.2 Å². The Hall–Kier alpha value is -3.01. The lowest BCUT2D eigenvalue weighted by Crippen LogP contribution is -2.10. The van der Waals surface area contributed by atoms with E-state index in [2.05, 4.69) is 0 Å². The molecule has 0 aromatic heterocycles. The standard InChI is InChI=1S/C21H20O4/c1-23-19-11-4-5-12-20(19)24-15-7-14-21(22)25-18-13-6-9-16-8-2-3-10-17(16)18/h2-6,8-13H,7,14-15H2,1H3. The summed E-state index contributed by atoms with van der Waals surface area (Å²) in [4.78, 5) is 12.1. The number of carbonyl (C=O) groups is 1. The van der Waals surface area contributed by atoms with Crippen LogP contribution in [0.3, 0.4) is 0 Å². The highest BCUT2D eigenvalue weighted by Crippen LogP contribution is 2.27. The Kier molecular flexibility index (Phi) is 5.52.